The third-order valence-corrected chi connectivity index (χ3v) is 2.88. The average Bonchev–Trinajstić information content (AvgIpc) is 2.26. The Morgan fingerprint density at radius 2 is 2.40 bits per heavy atom. The molecule has 0 unspecified atom stereocenters. The molecule has 0 spiro atoms. The third-order valence-electron chi connectivity index (χ3n) is 1.83. The van der Waals surface area contributed by atoms with Gasteiger partial charge < -0.3 is 5.32 Å². The lowest BCUT2D eigenvalue weighted by Gasteiger charge is -2.06. The van der Waals surface area contributed by atoms with E-state index < -0.39 is 0 Å². The standard InChI is InChI=1S/C11H12ClNOS/c1-3-6-13-11(14)9-7-8(15-2)4-5-10(9)12/h3-5,7H,1,6H2,2H3,(H,13,14). The van der Waals surface area contributed by atoms with Crippen LogP contribution < -0.4 is 5.32 Å². The highest BCUT2D eigenvalue weighted by molar-refractivity contribution is 7.98. The van der Waals surface area contributed by atoms with E-state index in [0.29, 0.717) is 17.1 Å². The van der Waals surface area contributed by atoms with Gasteiger partial charge in [-0.3, -0.25) is 4.79 Å². The summed E-state index contributed by atoms with van der Waals surface area (Å²) in [6.45, 7) is 3.97. The molecule has 80 valence electrons. The first kappa shape index (κ1) is 12.1. The molecule has 1 aromatic carbocycles. The van der Waals surface area contributed by atoms with Crippen molar-refractivity contribution >= 4 is 29.3 Å². The van der Waals surface area contributed by atoms with Crippen LogP contribution in [0.2, 0.25) is 5.02 Å². The van der Waals surface area contributed by atoms with Crippen LogP contribution in [0.25, 0.3) is 0 Å². The van der Waals surface area contributed by atoms with Crippen molar-refractivity contribution in [3.05, 3.63) is 41.4 Å². The maximum Gasteiger partial charge on any atom is 0.253 e. The maximum atomic E-state index is 11.6. The first-order valence-corrected chi connectivity index (χ1v) is 6.02. The monoisotopic (exact) mass is 241 g/mol. The summed E-state index contributed by atoms with van der Waals surface area (Å²) in [6, 6.07) is 5.40. The van der Waals surface area contributed by atoms with Gasteiger partial charge in [0.1, 0.15) is 0 Å². The summed E-state index contributed by atoms with van der Waals surface area (Å²) in [5.74, 6) is -0.171. The van der Waals surface area contributed by atoms with Crippen molar-refractivity contribution in [1.82, 2.24) is 5.32 Å². The minimum absolute atomic E-state index is 0.171. The molecule has 1 aromatic rings. The molecule has 4 heteroatoms. The molecule has 0 saturated carbocycles. The van der Waals surface area contributed by atoms with Gasteiger partial charge >= 0.3 is 0 Å². The highest BCUT2D eigenvalue weighted by Gasteiger charge is 2.09. The maximum absolute atomic E-state index is 11.6. The Morgan fingerprint density at radius 3 is 3.00 bits per heavy atom. The molecular weight excluding hydrogens is 230 g/mol. The molecule has 1 N–H and O–H groups in total. The van der Waals surface area contributed by atoms with E-state index in [9.17, 15) is 4.79 Å². The van der Waals surface area contributed by atoms with Gasteiger partial charge in [0.15, 0.2) is 0 Å². The normalized spacial score (nSPS) is 9.73. The van der Waals surface area contributed by atoms with E-state index in [4.69, 9.17) is 11.6 Å². The van der Waals surface area contributed by atoms with Crippen molar-refractivity contribution in [3.8, 4) is 0 Å². The molecule has 0 aromatic heterocycles. The topological polar surface area (TPSA) is 29.1 Å². The van der Waals surface area contributed by atoms with Crippen molar-refractivity contribution in [1.29, 1.82) is 0 Å². The number of hydrogen-bond acceptors (Lipinski definition) is 2. The summed E-state index contributed by atoms with van der Waals surface area (Å²) in [5, 5.41) is 3.16. The van der Waals surface area contributed by atoms with Gasteiger partial charge in [-0.15, -0.1) is 18.3 Å². The predicted molar refractivity (Wildman–Crippen MR) is 65.8 cm³/mol. The van der Waals surface area contributed by atoms with Gasteiger partial charge in [0.25, 0.3) is 5.91 Å². The molecule has 0 aliphatic carbocycles. The van der Waals surface area contributed by atoms with Crippen LogP contribution in [0.4, 0.5) is 0 Å². The van der Waals surface area contributed by atoms with Gasteiger partial charge in [-0.05, 0) is 24.5 Å². The molecule has 0 aliphatic rings. The van der Waals surface area contributed by atoms with Crippen LogP contribution in [0, 0.1) is 0 Å². The third kappa shape index (κ3) is 3.29. The molecule has 0 heterocycles. The highest BCUT2D eigenvalue weighted by Crippen LogP contribution is 2.22. The molecule has 0 bridgehead atoms. The van der Waals surface area contributed by atoms with E-state index in [-0.39, 0.29) is 5.91 Å². The Bertz CT molecular complexity index is 379. The molecule has 0 atom stereocenters. The molecular formula is C11H12ClNOS. The lowest BCUT2D eigenvalue weighted by molar-refractivity contribution is 0.0958. The Labute approximate surface area is 98.7 Å². The Kier molecular flexibility index (Phi) is 4.72. The summed E-state index contributed by atoms with van der Waals surface area (Å²) < 4.78 is 0. The van der Waals surface area contributed by atoms with E-state index >= 15 is 0 Å². The van der Waals surface area contributed by atoms with E-state index in [1.807, 2.05) is 12.3 Å². The fourth-order valence-electron chi connectivity index (χ4n) is 1.07. The fraction of sp³-hybridized carbons (Fsp3) is 0.182. The van der Waals surface area contributed by atoms with Crippen LogP contribution in [-0.2, 0) is 0 Å². The molecule has 0 radical (unpaired) electrons. The van der Waals surface area contributed by atoms with Crippen LogP contribution in [0.5, 0.6) is 0 Å². The van der Waals surface area contributed by atoms with Crippen LogP contribution >= 0.6 is 23.4 Å². The number of carbonyl (C=O) groups is 1. The molecule has 0 saturated heterocycles. The molecule has 2 nitrogen and oxygen atoms in total. The van der Waals surface area contributed by atoms with E-state index in [1.54, 1.807) is 30.0 Å². The van der Waals surface area contributed by atoms with Crippen molar-refractivity contribution in [3.63, 3.8) is 0 Å². The number of hydrogen-bond donors (Lipinski definition) is 1. The van der Waals surface area contributed by atoms with Crippen molar-refractivity contribution in [2.75, 3.05) is 12.8 Å². The van der Waals surface area contributed by atoms with Gasteiger partial charge in [-0.25, -0.2) is 0 Å². The van der Waals surface area contributed by atoms with Gasteiger partial charge in [-0.2, -0.15) is 0 Å². The first-order valence-electron chi connectivity index (χ1n) is 4.41. The zero-order valence-corrected chi connectivity index (χ0v) is 9.99. The second-order valence-electron chi connectivity index (χ2n) is 2.84. The number of amides is 1. The number of thioether (sulfide) groups is 1. The Morgan fingerprint density at radius 1 is 1.67 bits per heavy atom. The molecule has 1 amide bonds. The zero-order chi connectivity index (χ0) is 11.3. The largest absolute Gasteiger partial charge is 0.349 e. The van der Waals surface area contributed by atoms with Crippen LogP contribution in [0.15, 0.2) is 35.7 Å². The number of rotatable bonds is 4. The Hall–Kier alpha value is -0.930. The van der Waals surface area contributed by atoms with Crippen LogP contribution in [0.1, 0.15) is 10.4 Å². The summed E-state index contributed by atoms with van der Waals surface area (Å²) in [5.41, 5.74) is 0.505. The quantitative estimate of drug-likeness (QED) is 0.649. The van der Waals surface area contributed by atoms with E-state index in [0.717, 1.165) is 4.90 Å². The van der Waals surface area contributed by atoms with Crippen molar-refractivity contribution < 1.29 is 4.79 Å². The highest BCUT2D eigenvalue weighted by atomic mass is 35.5. The molecule has 0 fully saturated rings. The van der Waals surface area contributed by atoms with E-state index in [1.165, 1.54) is 0 Å². The van der Waals surface area contributed by atoms with Gasteiger partial charge in [0.2, 0.25) is 0 Å². The number of carbonyl (C=O) groups excluding carboxylic acids is 1. The second kappa shape index (κ2) is 5.83. The van der Waals surface area contributed by atoms with Gasteiger partial charge in [0.05, 0.1) is 10.6 Å². The molecule has 1 rings (SSSR count). The minimum atomic E-state index is -0.171. The second-order valence-corrected chi connectivity index (χ2v) is 4.13. The SMILES string of the molecule is C=CCNC(=O)c1cc(SC)ccc1Cl. The summed E-state index contributed by atoms with van der Waals surface area (Å²) in [4.78, 5) is 12.7. The number of benzene rings is 1. The minimum Gasteiger partial charge on any atom is -0.349 e. The fourth-order valence-corrected chi connectivity index (χ4v) is 1.71. The lowest BCUT2D eigenvalue weighted by atomic mass is 10.2. The number of halogens is 1. The molecule has 15 heavy (non-hydrogen) atoms. The lowest BCUT2D eigenvalue weighted by Crippen LogP contribution is -2.23. The van der Waals surface area contributed by atoms with Crippen LogP contribution in [-0.4, -0.2) is 18.7 Å². The Balaban J connectivity index is 2.91. The van der Waals surface area contributed by atoms with Crippen molar-refractivity contribution in [2.24, 2.45) is 0 Å². The zero-order valence-electron chi connectivity index (χ0n) is 8.42. The smallest absolute Gasteiger partial charge is 0.253 e. The molecule has 0 aliphatic heterocycles. The summed E-state index contributed by atoms with van der Waals surface area (Å²) in [6.07, 6.45) is 3.58. The summed E-state index contributed by atoms with van der Waals surface area (Å²) in [7, 11) is 0. The van der Waals surface area contributed by atoms with E-state index in [2.05, 4.69) is 11.9 Å². The first-order chi connectivity index (χ1) is 7.19. The summed E-state index contributed by atoms with van der Waals surface area (Å²) >= 11 is 7.51. The average molecular weight is 242 g/mol. The van der Waals surface area contributed by atoms with Crippen molar-refractivity contribution in [2.45, 2.75) is 4.90 Å². The van der Waals surface area contributed by atoms with Gasteiger partial charge in [-0.1, -0.05) is 17.7 Å². The van der Waals surface area contributed by atoms with Crippen LogP contribution in [0.3, 0.4) is 0 Å². The number of nitrogens with one attached hydrogen (secondary N) is 1. The van der Waals surface area contributed by atoms with Gasteiger partial charge in [0, 0.05) is 11.4 Å². The predicted octanol–water partition coefficient (Wildman–Crippen LogP) is 2.98.